The van der Waals surface area contributed by atoms with Crippen molar-refractivity contribution in [1.29, 1.82) is 0 Å². The van der Waals surface area contributed by atoms with Crippen molar-refractivity contribution in [2.75, 3.05) is 11.1 Å². The van der Waals surface area contributed by atoms with Gasteiger partial charge in [-0.2, -0.15) is 0 Å². The van der Waals surface area contributed by atoms with E-state index in [1.807, 2.05) is 36.7 Å². The Hall–Kier alpha value is -2.26. The average Bonchev–Trinajstić information content (AvgIpc) is 3.15. The minimum absolute atomic E-state index is 0.146. The van der Waals surface area contributed by atoms with Gasteiger partial charge >= 0.3 is 0 Å². The van der Waals surface area contributed by atoms with Crippen LogP contribution in [0.1, 0.15) is 5.56 Å². The smallest absolute Gasteiger partial charge is 0.236 e. The molecule has 0 saturated carbocycles. The van der Waals surface area contributed by atoms with Gasteiger partial charge in [0, 0.05) is 12.6 Å². The minimum Gasteiger partial charge on any atom is -0.305 e. The number of aromatic nitrogens is 5. The van der Waals surface area contributed by atoms with Gasteiger partial charge in [0.1, 0.15) is 5.51 Å². The normalized spacial score (nSPS) is 10.7. The van der Waals surface area contributed by atoms with Crippen LogP contribution in [0.25, 0.3) is 11.4 Å². The Morgan fingerprint density at radius 1 is 1.35 bits per heavy atom. The maximum Gasteiger partial charge on any atom is 0.236 e. The van der Waals surface area contributed by atoms with Crippen molar-refractivity contribution in [3.05, 3.63) is 35.3 Å². The average molecular weight is 346 g/mol. The SMILES string of the molecule is Cc1cccc(-c2nnc(SCC(=O)Nc3nncs3)n2C)c1. The van der Waals surface area contributed by atoms with Gasteiger partial charge in [0.2, 0.25) is 11.0 Å². The fraction of sp³-hybridized carbons (Fsp3) is 0.214. The Morgan fingerprint density at radius 2 is 2.22 bits per heavy atom. The van der Waals surface area contributed by atoms with E-state index in [1.54, 1.807) is 5.51 Å². The molecule has 0 fully saturated rings. The summed E-state index contributed by atoms with van der Waals surface area (Å²) in [6.07, 6.45) is 0. The molecule has 0 aliphatic carbocycles. The van der Waals surface area contributed by atoms with Gasteiger partial charge in [0.05, 0.1) is 5.75 Å². The van der Waals surface area contributed by atoms with Crippen molar-refractivity contribution in [2.45, 2.75) is 12.1 Å². The van der Waals surface area contributed by atoms with Crippen LogP contribution in [-0.2, 0) is 11.8 Å². The summed E-state index contributed by atoms with van der Waals surface area (Å²) in [5.41, 5.74) is 3.74. The molecule has 3 aromatic rings. The number of thioether (sulfide) groups is 1. The van der Waals surface area contributed by atoms with Gasteiger partial charge in [-0.1, -0.05) is 46.9 Å². The van der Waals surface area contributed by atoms with E-state index in [0.29, 0.717) is 10.3 Å². The first kappa shape index (κ1) is 15.6. The highest BCUT2D eigenvalue weighted by Crippen LogP contribution is 2.23. The van der Waals surface area contributed by atoms with Gasteiger partial charge in [-0.15, -0.1) is 20.4 Å². The molecule has 0 aliphatic heterocycles. The minimum atomic E-state index is -0.146. The lowest BCUT2D eigenvalue weighted by atomic mass is 10.1. The Morgan fingerprint density at radius 3 is 2.96 bits per heavy atom. The molecular weight excluding hydrogens is 332 g/mol. The van der Waals surface area contributed by atoms with Crippen LogP contribution in [0.4, 0.5) is 5.13 Å². The second-order valence-corrected chi connectivity index (χ2v) is 6.59. The lowest BCUT2D eigenvalue weighted by Gasteiger charge is -2.04. The summed E-state index contributed by atoms with van der Waals surface area (Å²) >= 11 is 2.61. The summed E-state index contributed by atoms with van der Waals surface area (Å²) in [5.74, 6) is 0.868. The second-order valence-electron chi connectivity index (χ2n) is 4.82. The fourth-order valence-corrected chi connectivity index (χ4v) is 3.16. The van der Waals surface area contributed by atoms with E-state index in [9.17, 15) is 4.79 Å². The molecule has 1 N–H and O–H groups in total. The van der Waals surface area contributed by atoms with Crippen LogP contribution in [-0.4, -0.2) is 36.6 Å². The van der Waals surface area contributed by atoms with E-state index in [-0.39, 0.29) is 11.7 Å². The van der Waals surface area contributed by atoms with E-state index in [2.05, 4.69) is 31.8 Å². The van der Waals surface area contributed by atoms with E-state index in [4.69, 9.17) is 0 Å². The van der Waals surface area contributed by atoms with Crippen molar-refractivity contribution in [2.24, 2.45) is 7.05 Å². The van der Waals surface area contributed by atoms with Gasteiger partial charge in [-0.25, -0.2) is 0 Å². The zero-order valence-corrected chi connectivity index (χ0v) is 14.2. The standard InChI is InChI=1S/C14H14N6OS2/c1-9-4-3-5-10(6-9)12-17-19-14(20(12)2)22-7-11(21)16-13-18-15-8-23-13/h3-6,8H,7H2,1-2H3,(H,16,18,21). The third-order valence-electron chi connectivity index (χ3n) is 3.05. The highest BCUT2D eigenvalue weighted by atomic mass is 32.2. The molecule has 0 unspecified atom stereocenters. The van der Waals surface area contributed by atoms with Crippen LogP contribution in [0.5, 0.6) is 0 Å². The fourth-order valence-electron chi connectivity index (χ4n) is 1.99. The molecule has 7 nitrogen and oxygen atoms in total. The number of aryl methyl sites for hydroxylation is 1. The lowest BCUT2D eigenvalue weighted by Crippen LogP contribution is -2.14. The van der Waals surface area contributed by atoms with E-state index in [1.165, 1.54) is 23.1 Å². The molecule has 0 saturated heterocycles. The number of carbonyl (C=O) groups is 1. The van der Waals surface area contributed by atoms with Crippen molar-refractivity contribution in [1.82, 2.24) is 25.0 Å². The number of anilines is 1. The maximum absolute atomic E-state index is 11.9. The molecule has 0 bridgehead atoms. The number of hydrogen-bond donors (Lipinski definition) is 1. The molecular formula is C14H14N6OS2. The molecule has 0 radical (unpaired) electrons. The third-order valence-corrected chi connectivity index (χ3v) is 4.68. The first-order valence-electron chi connectivity index (χ1n) is 6.79. The number of nitrogens with one attached hydrogen (secondary N) is 1. The van der Waals surface area contributed by atoms with Crippen molar-refractivity contribution < 1.29 is 4.79 Å². The topological polar surface area (TPSA) is 85.6 Å². The van der Waals surface area contributed by atoms with Crippen molar-refractivity contribution >= 4 is 34.1 Å². The predicted molar refractivity (Wildman–Crippen MR) is 90.4 cm³/mol. The van der Waals surface area contributed by atoms with Gasteiger partial charge in [-0.3, -0.25) is 10.1 Å². The van der Waals surface area contributed by atoms with Crippen LogP contribution in [0.3, 0.4) is 0 Å². The Balaban J connectivity index is 1.66. The summed E-state index contributed by atoms with van der Waals surface area (Å²) in [6.45, 7) is 2.04. The number of rotatable bonds is 5. The van der Waals surface area contributed by atoms with Crippen molar-refractivity contribution in [3.8, 4) is 11.4 Å². The number of nitrogens with zero attached hydrogens (tertiary/aromatic N) is 5. The van der Waals surface area contributed by atoms with E-state index < -0.39 is 0 Å². The molecule has 118 valence electrons. The third kappa shape index (κ3) is 3.74. The lowest BCUT2D eigenvalue weighted by molar-refractivity contribution is -0.113. The molecule has 1 amide bonds. The Bertz CT molecular complexity index is 815. The Kier molecular flexibility index (Phi) is 4.68. The molecule has 0 spiro atoms. The summed E-state index contributed by atoms with van der Waals surface area (Å²) in [6, 6.07) is 8.07. The van der Waals surface area contributed by atoms with Crippen LogP contribution in [0.15, 0.2) is 34.9 Å². The zero-order valence-electron chi connectivity index (χ0n) is 12.6. The quantitative estimate of drug-likeness (QED) is 0.714. The summed E-state index contributed by atoms with van der Waals surface area (Å²) in [7, 11) is 1.89. The van der Waals surface area contributed by atoms with E-state index in [0.717, 1.165) is 17.0 Å². The molecule has 2 aromatic heterocycles. The van der Waals surface area contributed by atoms with E-state index >= 15 is 0 Å². The van der Waals surface area contributed by atoms with Crippen LogP contribution >= 0.6 is 23.1 Å². The molecule has 2 heterocycles. The highest BCUT2D eigenvalue weighted by molar-refractivity contribution is 7.99. The largest absolute Gasteiger partial charge is 0.305 e. The summed E-state index contributed by atoms with van der Waals surface area (Å²) in [4.78, 5) is 11.9. The van der Waals surface area contributed by atoms with Gasteiger partial charge in [-0.05, 0) is 13.0 Å². The molecule has 3 rings (SSSR count). The number of hydrogen-bond acceptors (Lipinski definition) is 7. The van der Waals surface area contributed by atoms with Gasteiger partial charge in [0.15, 0.2) is 11.0 Å². The molecule has 0 atom stereocenters. The summed E-state index contributed by atoms with van der Waals surface area (Å²) in [5, 5.41) is 19.7. The first-order chi connectivity index (χ1) is 11.1. The molecule has 0 aliphatic rings. The van der Waals surface area contributed by atoms with Crippen molar-refractivity contribution in [3.63, 3.8) is 0 Å². The number of amides is 1. The van der Waals surface area contributed by atoms with Crippen LogP contribution in [0.2, 0.25) is 0 Å². The zero-order chi connectivity index (χ0) is 16.2. The molecule has 1 aromatic carbocycles. The monoisotopic (exact) mass is 346 g/mol. The molecule has 23 heavy (non-hydrogen) atoms. The van der Waals surface area contributed by atoms with Gasteiger partial charge in [0.25, 0.3) is 0 Å². The van der Waals surface area contributed by atoms with Gasteiger partial charge < -0.3 is 4.57 Å². The maximum atomic E-state index is 11.9. The Labute approximate surface area is 141 Å². The van der Waals surface area contributed by atoms with Crippen LogP contribution in [0, 0.1) is 6.92 Å². The first-order valence-corrected chi connectivity index (χ1v) is 8.65. The summed E-state index contributed by atoms with van der Waals surface area (Å²) < 4.78 is 1.89. The number of benzene rings is 1. The molecule has 9 heteroatoms. The highest BCUT2D eigenvalue weighted by Gasteiger charge is 2.13. The number of carbonyl (C=O) groups excluding carboxylic acids is 1. The van der Waals surface area contributed by atoms with Crippen LogP contribution < -0.4 is 5.32 Å². The second kappa shape index (κ2) is 6.88. The predicted octanol–water partition coefficient (Wildman–Crippen LogP) is 2.37.